The summed E-state index contributed by atoms with van der Waals surface area (Å²) in [6.07, 6.45) is 5.06. The first-order valence-corrected chi connectivity index (χ1v) is 8.36. The second kappa shape index (κ2) is 8.09. The predicted octanol–water partition coefficient (Wildman–Crippen LogP) is 2.04. The van der Waals surface area contributed by atoms with E-state index in [1.54, 1.807) is 12.6 Å². The van der Waals surface area contributed by atoms with Crippen molar-refractivity contribution in [1.29, 1.82) is 0 Å². The van der Waals surface area contributed by atoms with E-state index in [-0.39, 0.29) is 5.25 Å². The Kier molecular flexibility index (Phi) is 6.77. The van der Waals surface area contributed by atoms with Gasteiger partial charge in [-0.1, -0.05) is 13.8 Å². The van der Waals surface area contributed by atoms with Crippen LogP contribution in [-0.2, 0) is 17.2 Å². The molecular formula is C13H24N4OS. The molecule has 0 spiro atoms. The fourth-order valence-electron chi connectivity index (χ4n) is 1.78. The van der Waals surface area contributed by atoms with Crippen molar-refractivity contribution < 1.29 is 4.21 Å². The average Bonchev–Trinajstić information content (AvgIpc) is 2.39. The molecule has 0 aliphatic heterocycles. The number of nitrogens with zero attached hydrogens (tertiary/aromatic N) is 2. The number of rotatable bonds is 8. The Labute approximate surface area is 118 Å². The molecule has 1 heterocycles. The first kappa shape index (κ1) is 15.9. The van der Waals surface area contributed by atoms with Gasteiger partial charge in [-0.25, -0.2) is 9.97 Å². The maximum absolute atomic E-state index is 11.3. The molecule has 0 saturated carbocycles. The number of nitrogens with one attached hydrogen (secondary N) is 2. The third-order valence-corrected chi connectivity index (χ3v) is 4.42. The molecule has 2 unspecified atom stereocenters. The van der Waals surface area contributed by atoms with Crippen LogP contribution >= 0.6 is 0 Å². The highest BCUT2D eigenvalue weighted by molar-refractivity contribution is 7.84. The van der Waals surface area contributed by atoms with E-state index < -0.39 is 10.8 Å². The van der Waals surface area contributed by atoms with E-state index in [0.717, 1.165) is 43.1 Å². The lowest BCUT2D eigenvalue weighted by atomic mass is 10.2. The molecule has 1 aromatic heterocycles. The molecule has 0 aromatic carbocycles. The maximum Gasteiger partial charge on any atom is 0.134 e. The van der Waals surface area contributed by atoms with Crippen LogP contribution in [0.5, 0.6) is 0 Å². The van der Waals surface area contributed by atoms with Gasteiger partial charge in [-0.2, -0.15) is 0 Å². The summed E-state index contributed by atoms with van der Waals surface area (Å²) in [6, 6.07) is 0. The normalized spacial score (nSPS) is 13.9. The van der Waals surface area contributed by atoms with Crippen LogP contribution in [0.4, 0.5) is 11.6 Å². The van der Waals surface area contributed by atoms with E-state index in [4.69, 9.17) is 0 Å². The predicted molar refractivity (Wildman–Crippen MR) is 82.2 cm³/mol. The first-order valence-electron chi connectivity index (χ1n) is 6.73. The smallest absolute Gasteiger partial charge is 0.134 e. The first-order chi connectivity index (χ1) is 9.10. The number of aromatic nitrogens is 2. The van der Waals surface area contributed by atoms with Gasteiger partial charge in [-0.15, -0.1) is 0 Å². The molecule has 1 rings (SSSR count). The van der Waals surface area contributed by atoms with Crippen molar-refractivity contribution in [3.8, 4) is 0 Å². The van der Waals surface area contributed by atoms with Gasteiger partial charge in [0, 0.05) is 41.0 Å². The summed E-state index contributed by atoms with van der Waals surface area (Å²) in [7, 11) is -0.768. The molecule has 0 saturated heterocycles. The van der Waals surface area contributed by atoms with Crippen LogP contribution < -0.4 is 10.6 Å². The zero-order valence-corrected chi connectivity index (χ0v) is 13.0. The molecule has 19 heavy (non-hydrogen) atoms. The molecular weight excluding hydrogens is 260 g/mol. The molecule has 1 aromatic rings. The summed E-state index contributed by atoms with van der Waals surface area (Å²) >= 11 is 0. The van der Waals surface area contributed by atoms with Crippen molar-refractivity contribution in [2.75, 3.05) is 30.0 Å². The van der Waals surface area contributed by atoms with Crippen LogP contribution in [0.25, 0.3) is 0 Å². The molecule has 0 amide bonds. The van der Waals surface area contributed by atoms with Gasteiger partial charge < -0.3 is 10.6 Å². The number of hydrogen-bond acceptors (Lipinski definition) is 5. The zero-order chi connectivity index (χ0) is 14.3. The topological polar surface area (TPSA) is 66.9 Å². The van der Waals surface area contributed by atoms with Crippen LogP contribution in [0.15, 0.2) is 6.33 Å². The minimum Gasteiger partial charge on any atom is -0.370 e. The van der Waals surface area contributed by atoms with Gasteiger partial charge in [-0.05, 0) is 19.8 Å². The Morgan fingerprint density at radius 3 is 2.42 bits per heavy atom. The Morgan fingerprint density at radius 2 is 1.89 bits per heavy atom. The number of anilines is 2. The van der Waals surface area contributed by atoms with E-state index in [9.17, 15) is 4.21 Å². The molecule has 108 valence electrons. The van der Waals surface area contributed by atoms with E-state index in [1.807, 2.05) is 13.8 Å². The Balaban J connectivity index is 2.67. The Morgan fingerprint density at radius 1 is 1.26 bits per heavy atom. The second-order valence-electron chi connectivity index (χ2n) is 4.46. The molecule has 0 aliphatic carbocycles. The van der Waals surface area contributed by atoms with Gasteiger partial charge in [0.25, 0.3) is 0 Å². The van der Waals surface area contributed by atoms with Gasteiger partial charge in [0.2, 0.25) is 0 Å². The molecule has 0 bridgehead atoms. The van der Waals surface area contributed by atoms with E-state index in [0.29, 0.717) is 0 Å². The van der Waals surface area contributed by atoms with Crippen LogP contribution in [-0.4, -0.2) is 38.8 Å². The minimum atomic E-state index is -0.768. The highest BCUT2D eigenvalue weighted by Crippen LogP contribution is 2.20. The third-order valence-electron chi connectivity index (χ3n) is 3.05. The quantitative estimate of drug-likeness (QED) is 0.764. The zero-order valence-electron chi connectivity index (χ0n) is 12.2. The highest BCUT2D eigenvalue weighted by Gasteiger charge is 2.10. The summed E-state index contributed by atoms with van der Waals surface area (Å²) < 4.78 is 11.3. The van der Waals surface area contributed by atoms with Crippen molar-refractivity contribution in [2.45, 2.75) is 38.9 Å². The fraction of sp³-hybridized carbons (Fsp3) is 0.692. The standard InChI is InChI=1S/C13H24N4OS/c1-5-11-12(14-6-2)16-9-17-13(11)15-8-7-10(3)19(4)18/h9-10H,5-8H2,1-4H3,(H2,14,15,16,17). The van der Waals surface area contributed by atoms with E-state index in [2.05, 4.69) is 27.5 Å². The molecule has 2 atom stereocenters. The van der Waals surface area contributed by atoms with Crippen LogP contribution in [0.1, 0.15) is 32.8 Å². The van der Waals surface area contributed by atoms with Gasteiger partial charge >= 0.3 is 0 Å². The lowest BCUT2D eigenvalue weighted by Gasteiger charge is -2.14. The van der Waals surface area contributed by atoms with Crippen LogP contribution in [0.3, 0.4) is 0 Å². The lowest BCUT2D eigenvalue weighted by molar-refractivity contribution is 0.672. The Hall–Kier alpha value is -1.17. The van der Waals surface area contributed by atoms with E-state index in [1.165, 1.54) is 0 Å². The van der Waals surface area contributed by atoms with E-state index >= 15 is 0 Å². The molecule has 0 radical (unpaired) electrons. The lowest BCUT2D eigenvalue weighted by Crippen LogP contribution is -2.16. The van der Waals surface area contributed by atoms with Crippen molar-refractivity contribution in [2.24, 2.45) is 0 Å². The highest BCUT2D eigenvalue weighted by atomic mass is 32.2. The van der Waals surface area contributed by atoms with Gasteiger partial charge in [-0.3, -0.25) is 4.21 Å². The molecule has 0 fully saturated rings. The average molecular weight is 284 g/mol. The minimum absolute atomic E-state index is 0.202. The molecule has 6 heteroatoms. The molecule has 5 nitrogen and oxygen atoms in total. The molecule has 2 N–H and O–H groups in total. The maximum atomic E-state index is 11.3. The van der Waals surface area contributed by atoms with Crippen molar-refractivity contribution in [3.05, 3.63) is 11.9 Å². The third kappa shape index (κ3) is 4.78. The van der Waals surface area contributed by atoms with Crippen molar-refractivity contribution >= 4 is 22.4 Å². The fourth-order valence-corrected chi connectivity index (χ4v) is 2.23. The van der Waals surface area contributed by atoms with Crippen molar-refractivity contribution in [3.63, 3.8) is 0 Å². The summed E-state index contributed by atoms with van der Waals surface area (Å²) in [4.78, 5) is 8.56. The number of hydrogen-bond donors (Lipinski definition) is 2. The van der Waals surface area contributed by atoms with Crippen molar-refractivity contribution in [1.82, 2.24) is 9.97 Å². The van der Waals surface area contributed by atoms with Crippen LogP contribution in [0.2, 0.25) is 0 Å². The van der Waals surface area contributed by atoms with Gasteiger partial charge in [0.05, 0.1) is 0 Å². The Bertz CT molecular complexity index is 425. The summed E-state index contributed by atoms with van der Waals surface area (Å²) in [5.74, 6) is 1.78. The summed E-state index contributed by atoms with van der Waals surface area (Å²) in [5, 5.41) is 6.77. The monoisotopic (exact) mass is 284 g/mol. The van der Waals surface area contributed by atoms with Crippen LogP contribution in [0, 0.1) is 0 Å². The van der Waals surface area contributed by atoms with Gasteiger partial charge in [0.1, 0.15) is 18.0 Å². The second-order valence-corrected chi connectivity index (χ2v) is 6.26. The largest absolute Gasteiger partial charge is 0.370 e. The van der Waals surface area contributed by atoms with Gasteiger partial charge in [0.15, 0.2) is 0 Å². The molecule has 0 aliphatic rings. The SMILES string of the molecule is CCNc1ncnc(NCCC(C)S(C)=O)c1CC. The summed E-state index contributed by atoms with van der Waals surface area (Å²) in [6.45, 7) is 7.76. The summed E-state index contributed by atoms with van der Waals surface area (Å²) in [5.41, 5.74) is 1.11.